The average molecular weight is 358 g/mol. The Morgan fingerprint density at radius 2 is 2.16 bits per heavy atom. The van der Waals surface area contributed by atoms with Crippen LogP contribution < -0.4 is 5.32 Å². The molecule has 4 nitrogen and oxygen atoms in total. The van der Waals surface area contributed by atoms with Gasteiger partial charge in [0.05, 0.1) is 11.1 Å². The number of rotatable bonds is 6. The maximum Gasteiger partial charge on any atom is 0.227 e. The van der Waals surface area contributed by atoms with Gasteiger partial charge in [0, 0.05) is 30.6 Å². The summed E-state index contributed by atoms with van der Waals surface area (Å²) in [6, 6.07) is 10.3. The molecule has 25 heavy (non-hydrogen) atoms. The molecule has 1 atom stereocenters. The molecule has 134 valence electrons. The molecule has 5 heteroatoms. The van der Waals surface area contributed by atoms with Crippen LogP contribution in [-0.4, -0.2) is 35.4 Å². The van der Waals surface area contributed by atoms with Gasteiger partial charge < -0.3 is 5.32 Å². The summed E-state index contributed by atoms with van der Waals surface area (Å²) in [5, 5.41) is 6.28. The van der Waals surface area contributed by atoms with E-state index in [4.69, 9.17) is 4.98 Å². The first kappa shape index (κ1) is 18.1. The van der Waals surface area contributed by atoms with Gasteiger partial charge in [-0.25, -0.2) is 4.98 Å². The molecule has 3 rings (SSSR count). The number of carbonyl (C=O) groups excluding carboxylic acids is 1. The summed E-state index contributed by atoms with van der Waals surface area (Å²) >= 11 is 1.69. The zero-order chi connectivity index (χ0) is 17.7. The summed E-state index contributed by atoms with van der Waals surface area (Å²) in [7, 11) is 0. The van der Waals surface area contributed by atoms with Crippen LogP contribution in [0, 0.1) is 5.41 Å². The number of aromatic nitrogens is 1. The van der Waals surface area contributed by atoms with E-state index in [2.05, 4.69) is 41.6 Å². The topological polar surface area (TPSA) is 45.2 Å². The predicted octanol–water partition coefficient (Wildman–Crippen LogP) is 3.94. The Labute approximate surface area is 154 Å². The van der Waals surface area contributed by atoms with Gasteiger partial charge in [-0.1, -0.05) is 37.3 Å². The second-order valence-electron chi connectivity index (χ2n) is 7.14. The Morgan fingerprint density at radius 3 is 2.92 bits per heavy atom. The zero-order valence-corrected chi connectivity index (χ0v) is 15.9. The lowest BCUT2D eigenvalue weighted by Gasteiger charge is -2.39. The molecule has 1 aromatic carbocycles. The first-order chi connectivity index (χ1) is 12.1. The summed E-state index contributed by atoms with van der Waals surface area (Å²) < 4.78 is 0. The Bertz CT molecular complexity index is 700. The van der Waals surface area contributed by atoms with Crippen LogP contribution in [0.4, 0.5) is 0 Å². The lowest BCUT2D eigenvalue weighted by Crippen LogP contribution is -2.50. The van der Waals surface area contributed by atoms with Crippen molar-refractivity contribution in [3.05, 3.63) is 41.4 Å². The van der Waals surface area contributed by atoms with Crippen molar-refractivity contribution in [1.82, 2.24) is 15.2 Å². The number of hydrogen-bond donors (Lipinski definition) is 1. The fourth-order valence-corrected chi connectivity index (χ4v) is 4.26. The summed E-state index contributed by atoms with van der Waals surface area (Å²) in [4.78, 5) is 19.7. The number of amides is 1. The Morgan fingerprint density at radius 1 is 1.36 bits per heavy atom. The molecule has 1 aliphatic heterocycles. The summed E-state index contributed by atoms with van der Waals surface area (Å²) in [6.07, 6.45) is 3.00. The van der Waals surface area contributed by atoms with Crippen LogP contribution in [0.2, 0.25) is 0 Å². The summed E-state index contributed by atoms with van der Waals surface area (Å²) in [5.74, 6) is 0.197. The fraction of sp³-hybridized carbons (Fsp3) is 0.500. The molecule has 1 N–H and O–H groups in total. The van der Waals surface area contributed by atoms with Crippen molar-refractivity contribution in [2.75, 3.05) is 19.6 Å². The van der Waals surface area contributed by atoms with E-state index in [1.54, 1.807) is 11.3 Å². The highest BCUT2D eigenvalue weighted by atomic mass is 32.1. The molecule has 1 fully saturated rings. The van der Waals surface area contributed by atoms with Gasteiger partial charge >= 0.3 is 0 Å². The van der Waals surface area contributed by atoms with E-state index in [-0.39, 0.29) is 11.3 Å². The fourth-order valence-electron chi connectivity index (χ4n) is 3.44. The molecule has 1 unspecified atom stereocenters. The van der Waals surface area contributed by atoms with E-state index in [0.29, 0.717) is 0 Å². The van der Waals surface area contributed by atoms with Crippen LogP contribution in [0.15, 0.2) is 35.7 Å². The van der Waals surface area contributed by atoms with Gasteiger partial charge in [-0.15, -0.1) is 11.3 Å². The summed E-state index contributed by atoms with van der Waals surface area (Å²) in [6.45, 7) is 7.61. The van der Waals surface area contributed by atoms with Gasteiger partial charge in [0.15, 0.2) is 0 Å². The summed E-state index contributed by atoms with van der Waals surface area (Å²) in [5.41, 5.74) is 1.98. The Hall–Kier alpha value is -1.72. The van der Waals surface area contributed by atoms with Crippen LogP contribution >= 0.6 is 11.3 Å². The van der Waals surface area contributed by atoms with E-state index < -0.39 is 0 Å². The van der Waals surface area contributed by atoms with Crippen LogP contribution in [0.25, 0.3) is 10.6 Å². The van der Waals surface area contributed by atoms with Crippen molar-refractivity contribution in [1.29, 1.82) is 0 Å². The minimum Gasteiger partial charge on any atom is -0.356 e. The van der Waals surface area contributed by atoms with Crippen molar-refractivity contribution in [2.45, 2.75) is 39.7 Å². The molecule has 1 saturated heterocycles. The van der Waals surface area contributed by atoms with Gasteiger partial charge in [-0.05, 0) is 32.7 Å². The molecule has 0 radical (unpaired) electrons. The van der Waals surface area contributed by atoms with Crippen LogP contribution in [0.1, 0.15) is 38.8 Å². The van der Waals surface area contributed by atoms with E-state index in [9.17, 15) is 4.79 Å². The Balaban J connectivity index is 1.63. The number of piperidine rings is 1. The third-order valence-corrected chi connectivity index (χ3v) is 5.76. The highest BCUT2D eigenvalue weighted by molar-refractivity contribution is 7.13. The zero-order valence-electron chi connectivity index (χ0n) is 15.1. The molecule has 0 spiro atoms. The molecule has 0 bridgehead atoms. The van der Waals surface area contributed by atoms with E-state index in [0.717, 1.165) is 56.1 Å². The Kier molecular flexibility index (Phi) is 5.86. The maximum atomic E-state index is 12.5. The van der Waals surface area contributed by atoms with Crippen LogP contribution in [-0.2, 0) is 11.3 Å². The minimum atomic E-state index is -0.286. The van der Waals surface area contributed by atoms with Gasteiger partial charge in [-0.3, -0.25) is 9.69 Å². The van der Waals surface area contributed by atoms with Crippen molar-refractivity contribution < 1.29 is 4.79 Å². The highest BCUT2D eigenvalue weighted by Gasteiger charge is 2.37. The number of carbonyl (C=O) groups is 1. The monoisotopic (exact) mass is 357 g/mol. The third-order valence-electron chi connectivity index (χ3n) is 4.82. The lowest BCUT2D eigenvalue weighted by molar-refractivity contribution is -0.133. The standard InChI is InChI=1S/C20H27N3OS/c1-3-11-21-19(24)20(2)10-7-12-23(15-20)13-17-14-25-18(22-17)16-8-5-4-6-9-16/h4-6,8-9,14H,3,7,10-13,15H2,1-2H3,(H,21,24). The number of nitrogens with one attached hydrogen (secondary N) is 1. The van der Waals surface area contributed by atoms with Gasteiger partial charge in [0.1, 0.15) is 5.01 Å². The molecule has 0 saturated carbocycles. The number of benzene rings is 1. The number of nitrogens with zero attached hydrogens (tertiary/aromatic N) is 2. The van der Waals surface area contributed by atoms with Gasteiger partial charge in [0.25, 0.3) is 0 Å². The first-order valence-corrected chi connectivity index (χ1v) is 9.99. The quantitative estimate of drug-likeness (QED) is 0.852. The number of thiazole rings is 1. The minimum absolute atomic E-state index is 0.197. The molecule has 0 aliphatic carbocycles. The molecular weight excluding hydrogens is 330 g/mol. The normalized spacial score (nSPS) is 21.2. The second kappa shape index (κ2) is 8.11. The largest absolute Gasteiger partial charge is 0.356 e. The molecular formula is C20H27N3OS. The predicted molar refractivity (Wildman–Crippen MR) is 103 cm³/mol. The van der Waals surface area contributed by atoms with E-state index >= 15 is 0 Å². The van der Waals surface area contributed by atoms with Gasteiger partial charge in [-0.2, -0.15) is 0 Å². The second-order valence-corrected chi connectivity index (χ2v) is 8.00. The van der Waals surface area contributed by atoms with Crippen molar-refractivity contribution >= 4 is 17.2 Å². The molecule has 1 aliphatic rings. The molecule has 1 amide bonds. The van der Waals surface area contributed by atoms with Crippen LogP contribution in [0.3, 0.4) is 0 Å². The highest BCUT2D eigenvalue weighted by Crippen LogP contribution is 2.31. The van der Waals surface area contributed by atoms with Gasteiger partial charge in [0.2, 0.25) is 5.91 Å². The van der Waals surface area contributed by atoms with Crippen LogP contribution in [0.5, 0.6) is 0 Å². The molecule has 2 aromatic rings. The lowest BCUT2D eigenvalue weighted by atomic mass is 9.81. The maximum absolute atomic E-state index is 12.5. The molecule has 2 heterocycles. The van der Waals surface area contributed by atoms with Crippen molar-refractivity contribution in [2.24, 2.45) is 5.41 Å². The third kappa shape index (κ3) is 4.47. The number of likely N-dealkylation sites (tertiary alicyclic amines) is 1. The molecule has 1 aromatic heterocycles. The smallest absolute Gasteiger partial charge is 0.227 e. The van der Waals surface area contributed by atoms with E-state index in [1.807, 2.05) is 18.2 Å². The average Bonchev–Trinajstić information content (AvgIpc) is 3.09. The van der Waals surface area contributed by atoms with E-state index in [1.165, 1.54) is 5.56 Å². The van der Waals surface area contributed by atoms with Crippen molar-refractivity contribution in [3.63, 3.8) is 0 Å². The first-order valence-electron chi connectivity index (χ1n) is 9.11. The van der Waals surface area contributed by atoms with Crippen molar-refractivity contribution in [3.8, 4) is 10.6 Å². The number of hydrogen-bond acceptors (Lipinski definition) is 4. The SMILES string of the molecule is CCCNC(=O)C1(C)CCCN(Cc2csc(-c3ccccc3)n2)C1.